The third-order valence-electron chi connectivity index (χ3n) is 6.87. The first-order valence-electron chi connectivity index (χ1n) is 13.1. The van der Waals surface area contributed by atoms with E-state index in [4.69, 9.17) is 0 Å². The fraction of sp³-hybridized carbons (Fsp3) is 0.500. The summed E-state index contributed by atoms with van der Waals surface area (Å²) in [7, 11) is 1.83. The van der Waals surface area contributed by atoms with Gasteiger partial charge in [0.15, 0.2) is 16.5 Å². The molecule has 41 heavy (non-hydrogen) atoms. The Morgan fingerprint density at radius 3 is 2.66 bits per heavy atom. The van der Waals surface area contributed by atoms with Crippen molar-refractivity contribution in [2.45, 2.75) is 64.1 Å². The lowest BCUT2D eigenvalue weighted by molar-refractivity contribution is -0.127. The van der Waals surface area contributed by atoms with Gasteiger partial charge in [-0.2, -0.15) is 13.2 Å². The fourth-order valence-electron chi connectivity index (χ4n) is 4.68. The molecule has 0 aliphatic carbocycles. The van der Waals surface area contributed by atoms with E-state index in [2.05, 4.69) is 30.8 Å². The van der Waals surface area contributed by atoms with Gasteiger partial charge in [-0.3, -0.25) is 9.20 Å². The predicted molar refractivity (Wildman–Crippen MR) is 147 cm³/mol. The molecule has 1 saturated heterocycles. The van der Waals surface area contributed by atoms with Gasteiger partial charge in [0.25, 0.3) is 5.91 Å². The molecule has 0 spiro atoms. The summed E-state index contributed by atoms with van der Waals surface area (Å²) in [4.78, 5) is 23.3. The number of hydrogen-bond acceptors (Lipinski definition) is 8. The molecule has 0 unspecified atom stereocenters. The van der Waals surface area contributed by atoms with E-state index in [0.717, 1.165) is 11.3 Å². The topological polar surface area (TPSA) is 105 Å². The Bertz CT molecular complexity index is 1540. The van der Waals surface area contributed by atoms with Crippen molar-refractivity contribution < 1.29 is 22.4 Å². The van der Waals surface area contributed by atoms with Crippen molar-refractivity contribution in [2.75, 3.05) is 25.5 Å². The molecular formula is C26H31F4N9OS. The third-order valence-corrected chi connectivity index (χ3v) is 7.80. The quantitative estimate of drug-likeness (QED) is 0.308. The second kappa shape index (κ2) is 11.0. The Labute approximate surface area is 237 Å². The number of imidazole rings is 1. The van der Waals surface area contributed by atoms with Crippen LogP contribution >= 0.6 is 11.3 Å². The second-order valence-electron chi connectivity index (χ2n) is 11.1. The molecular weight excluding hydrogens is 562 g/mol. The summed E-state index contributed by atoms with van der Waals surface area (Å²) >= 11 is 1.04. The van der Waals surface area contributed by atoms with E-state index in [0.29, 0.717) is 23.5 Å². The van der Waals surface area contributed by atoms with E-state index in [1.807, 2.05) is 43.5 Å². The lowest BCUT2D eigenvalue weighted by Gasteiger charge is -2.32. The van der Waals surface area contributed by atoms with Gasteiger partial charge in [-0.25, -0.2) is 14.4 Å². The first-order valence-corrected chi connectivity index (χ1v) is 13.9. The smallest absolute Gasteiger partial charge is 0.361 e. The molecule has 15 heteroatoms. The molecule has 2 atom stereocenters. The normalized spacial score (nSPS) is 18.6. The van der Waals surface area contributed by atoms with Crippen LogP contribution in [0.5, 0.6) is 0 Å². The molecule has 0 saturated carbocycles. The number of carbonyl (C=O) groups is 1. The number of rotatable bonds is 7. The SMILES string of the molecule is CN1CC[C@@H](Nc2nccn3c(CC(F)(F)F)c(-c4nnc(CNC(=O)c5ccn(C(C)(C)C)c5)s4)nc23)[C@@H](F)C1. The maximum atomic E-state index is 14.7. The van der Waals surface area contributed by atoms with E-state index in [9.17, 15) is 22.4 Å². The molecule has 1 amide bonds. The van der Waals surface area contributed by atoms with Gasteiger partial charge in [0.05, 0.1) is 30.3 Å². The number of halogens is 4. The first-order chi connectivity index (χ1) is 19.3. The van der Waals surface area contributed by atoms with Gasteiger partial charge >= 0.3 is 6.18 Å². The molecule has 2 N–H and O–H groups in total. The van der Waals surface area contributed by atoms with Crippen molar-refractivity contribution in [3.8, 4) is 10.7 Å². The monoisotopic (exact) mass is 593 g/mol. The Morgan fingerprint density at radius 2 is 1.98 bits per heavy atom. The van der Waals surface area contributed by atoms with Gasteiger partial charge in [0, 0.05) is 43.4 Å². The number of nitrogens with zero attached hydrogens (tertiary/aromatic N) is 7. The molecule has 0 bridgehead atoms. The zero-order valence-electron chi connectivity index (χ0n) is 23.0. The highest BCUT2D eigenvalue weighted by Gasteiger charge is 2.34. The molecule has 5 heterocycles. The lowest BCUT2D eigenvalue weighted by Crippen LogP contribution is -2.46. The molecule has 1 aliphatic heterocycles. The molecule has 1 aliphatic rings. The summed E-state index contributed by atoms with van der Waals surface area (Å²) in [6.07, 6.45) is -0.126. The van der Waals surface area contributed by atoms with Gasteiger partial charge < -0.3 is 20.1 Å². The molecule has 220 valence electrons. The Balaban J connectivity index is 1.40. The van der Waals surface area contributed by atoms with Gasteiger partial charge in [-0.05, 0) is 40.3 Å². The van der Waals surface area contributed by atoms with Gasteiger partial charge in [0.2, 0.25) is 0 Å². The molecule has 5 rings (SSSR count). The number of carbonyl (C=O) groups excluding carboxylic acids is 1. The summed E-state index contributed by atoms with van der Waals surface area (Å²) in [6.45, 7) is 7.02. The van der Waals surface area contributed by atoms with Gasteiger partial charge in [-0.15, -0.1) is 10.2 Å². The highest BCUT2D eigenvalue weighted by molar-refractivity contribution is 7.14. The van der Waals surface area contributed by atoms with Crippen molar-refractivity contribution in [1.82, 2.24) is 39.3 Å². The van der Waals surface area contributed by atoms with Crippen molar-refractivity contribution in [3.63, 3.8) is 0 Å². The van der Waals surface area contributed by atoms with Crippen LogP contribution in [-0.4, -0.2) is 78.5 Å². The number of nitrogens with one attached hydrogen (secondary N) is 2. The average Bonchev–Trinajstić information content (AvgIpc) is 3.63. The zero-order valence-corrected chi connectivity index (χ0v) is 23.9. The van der Waals surface area contributed by atoms with Crippen LogP contribution in [0.2, 0.25) is 0 Å². The van der Waals surface area contributed by atoms with Crippen LogP contribution < -0.4 is 10.6 Å². The lowest BCUT2D eigenvalue weighted by atomic mass is 10.0. The molecule has 4 aromatic heterocycles. The Kier molecular flexibility index (Phi) is 7.76. The standard InChI is InChI=1S/C26H31F4N9OS/c1-25(2,3)38-9-5-15(13-38)23(40)32-12-19-35-36-24(41-19)20-18(11-26(28,29)30)39-10-7-31-21(22(39)34-20)33-17-6-8-37(4)14-16(17)27/h5,7,9-10,13,16-17H,6,8,11-12,14H2,1-4H3,(H,31,33)(H,32,40)/t16-,17+/m0/s1. The minimum atomic E-state index is -4.52. The van der Waals surface area contributed by atoms with Crippen LogP contribution in [0.1, 0.15) is 48.3 Å². The summed E-state index contributed by atoms with van der Waals surface area (Å²) < 4.78 is 58.9. The average molecular weight is 594 g/mol. The van der Waals surface area contributed by atoms with Crippen molar-refractivity contribution in [1.29, 1.82) is 0 Å². The summed E-state index contributed by atoms with van der Waals surface area (Å²) in [5.41, 5.74) is 0.316. The van der Waals surface area contributed by atoms with Crippen molar-refractivity contribution >= 4 is 28.7 Å². The summed E-state index contributed by atoms with van der Waals surface area (Å²) in [5, 5.41) is 14.6. The van der Waals surface area contributed by atoms with Crippen molar-refractivity contribution in [3.05, 3.63) is 47.1 Å². The minimum Gasteiger partial charge on any atom is -0.361 e. The van der Waals surface area contributed by atoms with E-state index in [1.165, 1.54) is 16.8 Å². The Morgan fingerprint density at radius 1 is 1.20 bits per heavy atom. The van der Waals surface area contributed by atoms with Gasteiger partial charge in [0.1, 0.15) is 16.9 Å². The van der Waals surface area contributed by atoms with E-state index < -0.39 is 24.8 Å². The van der Waals surface area contributed by atoms with Crippen LogP contribution in [0.4, 0.5) is 23.4 Å². The number of fused-ring (bicyclic) bond motifs is 1. The predicted octanol–water partition coefficient (Wildman–Crippen LogP) is 4.29. The highest BCUT2D eigenvalue weighted by Crippen LogP contribution is 2.33. The van der Waals surface area contributed by atoms with Crippen LogP contribution in [0.25, 0.3) is 16.3 Å². The number of likely N-dealkylation sites (tertiary alicyclic amines) is 1. The van der Waals surface area contributed by atoms with Crippen LogP contribution in [0.3, 0.4) is 0 Å². The highest BCUT2D eigenvalue weighted by atomic mass is 32.1. The van der Waals surface area contributed by atoms with Crippen molar-refractivity contribution in [2.24, 2.45) is 0 Å². The third kappa shape index (κ3) is 6.50. The molecule has 0 radical (unpaired) electrons. The number of amides is 1. The van der Waals surface area contributed by atoms with Crippen LogP contribution in [0, 0.1) is 0 Å². The Hall–Kier alpha value is -3.59. The second-order valence-corrected chi connectivity index (χ2v) is 12.2. The largest absolute Gasteiger partial charge is 0.394 e. The van der Waals surface area contributed by atoms with Gasteiger partial charge in [-0.1, -0.05) is 11.3 Å². The minimum absolute atomic E-state index is 0.0101. The number of anilines is 1. The number of hydrogen-bond donors (Lipinski definition) is 2. The van der Waals surface area contributed by atoms with E-state index >= 15 is 0 Å². The molecule has 0 aromatic carbocycles. The zero-order chi connectivity index (χ0) is 29.5. The maximum absolute atomic E-state index is 14.7. The number of alkyl halides is 4. The van der Waals surface area contributed by atoms with Crippen LogP contribution in [-0.2, 0) is 18.5 Å². The van der Waals surface area contributed by atoms with E-state index in [-0.39, 0.29) is 52.4 Å². The van der Waals surface area contributed by atoms with Crippen LogP contribution in [0.15, 0.2) is 30.9 Å². The molecule has 1 fully saturated rings. The number of aromatic nitrogens is 6. The summed E-state index contributed by atoms with van der Waals surface area (Å²) in [5.74, 6) is -0.115. The van der Waals surface area contributed by atoms with E-state index in [1.54, 1.807) is 12.3 Å². The molecule has 10 nitrogen and oxygen atoms in total. The first kappa shape index (κ1) is 28.9. The maximum Gasteiger partial charge on any atom is 0.394 e. The summed E-state index contributed by atoms with van der Waals surface area (Å²) in [6, 6.07) is 1.16. The fourth-order valence-corrected chi connectivity index (χ4v) is 5.47. The molecule has 4 aromatic rings. The number of piperidine rings is 1.